The molecule has 0 aliphatic carbocycles. The number of fused-ring (bicyclic) bond motifs is 1. The highest BCUT2D eigenvalue weighted by Crippen LogP contribution is 2.30. The van der Waals surface area contributed by atoms with Crippen LogP contribution in [0.4, 0.5) is 0 Å². The summed E-state index contributed by atoms with van der Waals surface area (Å²) in [6, 6.07) is 4.81. The van der Waals surface area contributed by atoms with Crippen LogP contribution in [0.1, 0.15) is 10.4 Å². The molecule has 1 unspecified atom stereocenters. The van der Waals surface area contributed by atoms with Crippen molar-refractivity contribution in [3.63, 3.8) is 0 Å². The molecule has 1 aromatic rings. The smallest absolute Gasteiger partial charge is 0.192 e. The maximum Gasteiger partial charge on any atom is 0.192 e. The van der Waals surface area contributed by atoms with Gasteiger partial charge in [-0.25, -0.2) is 0 Å². The molecule has 0 radical (unpaired) electrons. The van der Waals surface area contributed by atoms with Crippen molar-refractivity contribution in [2.45, 2.75) is 6.10 Å². The molecule has 5 nitrogen and oxygen atoms in total. The number of benzene rings is 1. The van der Waals surface area contributed by atoms with Crippen molar-refractivity contribution in [1.82, 2.24) is 0 Å². The summed E-state index contributed by atoms with van der Waals surface area (Å²) in [5, 5.41) is 9.34. The summed E-state index contributed by atoms with van der Waals surface area (Å²) >= 11 is 0. The van der Waals surface area contributed by atoms with E-state index in [-0.39, 0.29) is 6.54 Å². The lowest BCUT2D eigenvalue weighted by Crippen LogP contribution is -2.29. The van der Waals surface area contributed by atoms with E-state index in [2.05, 4.69) is 0 Å². The lowest BCUT2D eigenvalue weighted by molar-refractivity contribution is 0.0762. The first-order valence-corrected chi connectivity index (χ1v) is 5.04. The number of rotatable bonds is 3. The highest BCUT2D eigenvalue weighted by molar-refractivity contribution is 6.00. The van der Waals surface area contributed by atoms with Gasteiger partial charge in [-0.05, 0) is 18.2 Å². The average molecular weight is 223 g/mol. The normalized spacial score (nSPS) is 15.6. The summed E-state index contributed by atoms with van der Waals surface area (Å²) in [7, 11) is 0. The molecule has 1 atom stereocenters. The fourth-order valence-electron chi connectivity index (χ4n) is 1.50. The molecule has 1 aliphatic heterocycles. The molecule has 0 amide bonds. The van der Waals surface area contributed by atoms with Crippen molar-refractivity contribution in [2.24, 2.45) is 5.73 Å². The number of aliphatic hydroxyl groups is 1. The lowest BCUT2D eigenvalue weighted by Gasteiger charge is -2.19. The van der Waals surface area contributed by atoms with Crippen molar-refractivity contribution in [2.75, 3.05) is 19.8 Å². The Morgan fingerprint density at radius 3 is 2.75 bits per heavy atom. The summed E-state index contributed by atoms with van der Waals surface area (Å²) in [5.41, 5.74) is 5.60. The van der Waals surface area contributed by atoms with Crippen LogP contribution in [0.5, 0.6) is 11.5 Å². The molecule has 1 aliphatic rings. The van der Waals surface area contributed by atoms with Gasteiger partial charge in [0, 0.05) is 12.1 Å². The second kappa shape index (κ2) is 4.51. The zero-order valence-corrected chi connectivity index (χ0v) is 8.68. The maximum atomic E-state index is 11.6. The largest absolute Gasteiger partial charge is 0.486 e. The number of aliphatic hydroxyl groups excluding tert-OH is 1. The van der Waals surface area contributed by atoms with E-state index >= 15 is 0 Å². The number of Topliss-reactive ketones (excluding diaryl/α,β-unsaturated/α-hetero) is 1. The third kappa shape index (κ3) is 2.00. The van der Waals surface area contributed by atoms with E-state index in [0.717, 1.165) is 0 Å². The van der Waals surface area contributed by atoms with Gasteiger partial charge in [0.25, 0.3) is 0 Å². The molecule has 2 rings (SSSR count). The molecule has 1 aromatic carbocycles. The number of ketones is 1. The van der Waals surface area contributed by atoms with Crippen molar-refractivity contribution in [1.29, 1.82) is 0 Å². The standard InChI is InChI=1S/C11H13NO4/c12-6-8(13)11(14)7-1-2-9-10(5-7)16-4-3-15-9/h1-2,5,8,13H,3-4,6,12H2. The van der Waals surface area contributed by atoms with E-state index in [1.807, 2.05) is 0 Å². The van der Waals surface area contributed by atoms with Crippen molar-refractivity contribution in [3.05, 3.63) is 23.8 Å². The summed E-state index contributed by atoms with van der Waals surface area (Å²) in [5.74, 6) is 0.742. The van der Waals surface area contributed by atoms with E-state index in [4.69, 9.17) is 15.2 Å². The first-order chi connectivity index (χ1) is 7.72. The van der Waals surface area contributed by atoms with E-state index < -0.39 is 11.9 Å². The molecule has 0 saturated carbocycles. The minimum absolute atomic E-state index is 0.0900. The summed E-state index contributed by atoms with van der Waals surface area (Å²) < 4.78 is 10.7. The second-order valence-corrected chi connectivity index (χ2v) is 3.47. The SMILES string of the molecule is NCC(O)C(=O)c1ccc2c(c1)OCCO2. The number of carbonyl (C=O) groups is 1. The predicted molar refractivity (Wildman–Crippen MR) is 56.8 cm³/mol. The van der Waals surface area contributed by atoms with Gasteiger partial charge in [0.1, 0.15) is 19.3 Å². The minimum atomic E-state index is -1.16. The summed E-state index contributed by atoms with van der Waals surface area (Å²) in [4.78, 5) is 11.6. The highest BCUT2D eigenvalue weighted by Gasteiger charge is 2.19. The van der Waals surface area contributed by atoms with Crippen molar-refractivity contribution < 1.29 is 19.4 Å². The Labute approximate surface area is 92.8 Å². The predicted octanol–water partition coefficient (Wildman–Crippen LogP) is -0.0399. The fourth-order valence-corrected chi connectivity index (χ4v) is 1.50. The van der Waals surface area contributed by atoms with E-state index in [9.17, 15) is 9.90 Å². The van der Waals surface area contributed by atoms with Gasteiger partial charge in [0.2, 0.25) is 0 Å². The van der Waals surface area contributed by atoms with Gasteiger partial charge in [0.05, 0.1) is 0 Å². The molecule has 0 bridgehead atoms. The van der Waals surface area contributed by atoms with Gasteiger partial charge in [-0.15, -0.1) is 0 Å². The van der Waals surface area contributed by atoms with Crippen molar-refractivity contribution in [3.8, 4) is 11.5 Å². The second-order valence-electron chi connectivity index (χ2n) is 3.47. The Kier molecular flexibility index (Phi) is 3.07. The molecular formula is C11H13NO4. The molecule has 1 heterocycles. The minimum Gasteiger partial charge on any atom is -0.486 e. The van der Waals surface area contributed by atoms with Gasteiger partial charge in [-0.2, -0.15) is 0 Å². The first-order valence-electron chi connectivity index (χ1n) is 5.04. The highest BCUT2D eigenvalue weighted by atomic mass is 16.6. The molecule has 0 aromatic heterocycles. The van der Waals surface area contributed by atoms with Crippen LogP contribution in [0.15, 0.2) is 18.2 Å². The summed E-state index contributed by atoms with van der Waals surface area (Å²) in [6.45, 7) is 0.878. The van der Waals surface area contributed by atoms with Crippen molar-refractivity contribution >= 4 is 5.78 Å². The van der Waals surface area contributed by atoms with E-state index in [1.54, 1.807) is 18.2 Å². The monoisotopic (exact) mass is 223 g/mol. The van der Waals surface area contributed by atoms with Crippen LogP contribution in [-0.4, -0.2) is 36.8 Å². The Morgan fingerprint density at radius 2 is 2.06 bits per heavy atom. The quantitative estimate of drug-likeness (QED) is 0.703. The third-order valence-electron chi connectivity index (χ3n) is 2.35. The number of hydrogen-bond donors (Lipinski definition) is 2. The molecule has 0 spiro atoms. The summed E-state index contributed by atoms with van der Waals surface area (Å²) in [6.07, 6.45) is -1.16. The van der Waals surface area contributed by atoms with E-state index in [1.165, 1.54) is 0 Å². The van der Waals surface area contributed by atoms with Crippen LogP contribution in [0.25, 0.3) is 0 Å². The van der Waals surface area contributed by atoms with Crippen LogP contribution in [0, 0.1) is 0 Å². The fraction of sp³-hybridized carbons (Fsp3) is 0.364. The Hall–Kier alpha value is -1.59. The molecule has 3 N–H and O–H groups in total. The average Bonchev–Trinajstić information content (AvgIpc) is 2.36. The van der Waals surface area contributed by atoms with Crippen LogP contribution < -0.4 is 15.2 Å². The third-order valence-corrected chi connectivity index (χ3v) is 2.35. The van der Waals surface area contributed by atoms with Crippen LogP contribution in [-0.2, 0) is 0 Å². The number of hydrogen-bond acceptors (Lipinski definition) is 5. The van der Waals surface area contributed by atoms with Gasteiger partial charge in [0.15, 0.2) is 17.3 Å². The van der Waals surface area contributed by atoms with Gasteiger partial charge >= 0.3 is 0 Å². The van der Waals surface area contributed by atoms with Gasteiger partial charge < -0.3 is 20.3 Å². The van der Waals surface area contributed by atoms with Gasteiger partial charge in [-0.3, -0.25) is 4.79 Å². The topological polar surface area (TPSA) is 81.8 Å². The first kappa shape index (κ1) is 10.9. The number of ether oxygens (including phenoxy) is 2. The van der Waals surface area contributed by atoms with Crippen LogP contribution in [0.2, 0.25) is 0 Å². The molecule has 0 saturated heterocycles. The Bertz CT molecular complexity index is 405. The Balaban J connectivity index is 2.26. The zero-order chi connectivity index (χ0) is 11.5. The van der Waals surface area contributed by atoms with Gasteiger partial charge in [-0.1, -0.05) is 0 Å². The van der Waals surface area contributed by atoms with Crippen LogP contribution >= 0.6 is 0 Å². The van der Waals surface area contributed by atoms with E-state index in [0.29, 0.717) is 30.3 Å². The Morgan fingerprint density at radius 1 is 1.38 bits per heavy atom. The lowest BCUT2D eigenvalue weighted by atomic mass is 10.1. The molecule has 86 valence electrons. The number of nitrogens with two attached hydrogens (primary N) is 1. The zero-order valence-electron chi connectivity index (χ0n) is 8.68. The van der Waals surface area contributed by atoms with Crippen LogP contribution in [0.3, 0.4) is 0 Å². The molecular weight excluding hydrogens is 210 g/mol. The molecule has 16 heavy (non-hydrogen) atoms. The molecule has 0 fully saturated rings. The molecule has 5 heteroatoms. The number of carbonyl (C=O) groups excluding carboxylic acids is 1. The maximum absolute atomic E-state index is 11.6.